The number of hydrogen-bond acceptors (Lipinski definition) is 3. The quantitative estimate of drug-likeness (QED) is 0.920. The third-order valence-electron chi connectivity index (χ3n) is 3.45. The Kier molecular flexibility index (Phi) is 4.89. The van der Waals surface area contributed by atoms with Crippen molar-refractivity contribution in [1.29, 1.82) is 0 Å². The molecule has 1 N–H and O–H groups in total. The molecule has 1 amide bonds. The van der Waals surface area contributed by atoms with Crippen molar-refractivity contribution in [2.75, 3.05) is 20.1 Å². The van der Waals surface area contributed by atoms with Gasteiger partial charge in [0.1, 0.15) is 5.75 Å². The summed E-state index contributed by atoms with van der Waals surface area (Å²) in [5, 5.41) is 3.14. The van der Waals surface area contributed by atoms with Gasteiger partial charge in [-0.15, -0.1) is 0 Å². The van der Waals surface area contributed by atoms with Crippen molar-refractivity contribution in [2.45, 2.75) is 25.5 Å². The SMILES string of the molecule is CNC1CCCN(C(=O)c2ccccc2OC(F)F)C1. The van der Waals surface area contributed by atoms with Crippen molar-refractivity contribution < 1.29 is 18.3 Å². The average Bonchev–Trinajstić information content (AvgIpc) is 2.46. The van der Waals surface area contributed by atoms with Crippen molar-refractivity contribution in [3.63, 3.8) is 0 Å². The summed E-state index contributed by atoms with van der Waals surface area (Å²) in [5.74, 6) is -0.333. The molecule has 2 rings (SSSR count). The molecule has 0 saturated carbocycles. The predicted octanol–water partition coefficient (Wildman–Crippen LogP) is 2.11. The van der Waals surface area contributed by atoms with Crippen molar-refractivity contribution in [3.05, 3.63) is 29.8 Å². The van der Waals surface area contributed by atoms with Crippen LogP contribution in [0.5, 0.6) is 5.75 Å². The maximum absolute atomic E-state index is 12.4. The molecule has 1 atom stereocenters. The second kappa shape index (κ2) is 6.65. The number of rotatable bonds is 4. The van der Waals surface area contributed by atoms with Gasteiger partial charge in [-0.2, -0.15) is 8.78 Å². The number of hydrogen-bond donors (Lipinski definition) is 1. The summed E-state index contributed by atoms with van der Waals surface area (Å²) in [7, 11) is 1.85. The van der Waals surface area contributed by atoms with Crippen LogP contribution in [0.4, 0.5) is 8.78 Å². The van der Waals surface area contributed by atoms with Crippen LogP contribution in [0.2, 0.25) is 0 Å². The molecule has 1 heterocycles. The molecule has 4 nitrogen and oxygen atoms in total. The lowest BCUT2D eigenvalue weighted by Crippen LogP contribution is -2.47. The Balaban J connectivity index is 2.16. The summed E-state index contributed by atoms with van der Waals surface area (Å²) in [6.07, 6.45) is 1.91. The molecule has 1 fully saturated rings. The molecule has 1 aliphatic heterocycles. The first-order valence-electron chi connectivity index (χ1n) is 6.62. The van der Waals surface area contributed by atoms with Crippen LogP contribution in [0.25, 0.3) is 0 Å². The molecule has 20 heavy (non-hydrogen) atoms. The molecule has 6 heteroatoms. The summed E-state index contributed by atoms with van der Waals surface area (Å²) in [6.45, 7) is -1.71. The zero-order chi connectivity index (χ0) is 14.5. The average molecular weight is 284 g/mol. The van der Waals surface area contributed by atoms with Gasteiger partial charge < -0.3 is 15.0 Å². The lowest BCUT2D eigenvalue weighted by molar-refractivity contribution is -0.0503. The Bertz CT molecular complexity index is 468. The fourth-order valence-corrected chi connectivity index (χ4v) is 2.41. The number of likely N-dealkylation sites (N-methyl/N-ethyl adjacent to an activating group) is 1. The zero-order valence-electron chi connectivity index (χ0n) is 11.3. The normalized spacial score (nSPS) is 19.2. The van der Waals surface area contributed by atoms with Crippen LogP contribution in [-0.2, 0) is 0 Å². The van der Waals surface area contributed by atoms with Crippen molar-refractivity contribution >= 4 is 5.91 Å². The summed E-state index contributed by atoms with van der Waals surface area (Å²) in [4.78, 5) is 14.1. The van der Waals surface area contributed by atoms with E-state index < -0.39 is 6.61 Å². The van der Waals surface area contributed by atoms with Crippen LogP contribution in [0, 0.1) is 0 Å². The highest BCUT2D eigenvalue weighted by atomic mass is 19.3. The van der Waals surface area contributed by atoms with E-state index in [4.69, 9.17) is 0 Å². The molecule has 1 aliphatic rings. The zero-order valence-corrected chi connectivity index (χ0v) is 11.3. The Morgan fingerprint density at radius 2 is 2.20 bits per heavy atom. The first kappa shape index (κ1) is 14.7. The highest BCUT2D eigenvalue weighted by molar-refractivity contribution is 5.97. The van der Waals surface area contributed by atoms with E-state index in [-0.39, 0.29) is 23.3 Å². The lowest BCUT2D eigenvalue weighted by Gasteiger charge is -2.32. The number of nitrogens with one attached hydrogen (secondary N) is 1. The number of ether oxygens (including phenoxy) is 1. The number of alkyl halides is 2. The van der Waals surface area contributed by atoms with E-state index in [0.29, 0.717) is 13.1 Å². The molecule has 0 aromatic heterocycles. The van der Waals surface area contributed by atoms with E-state index in [1.54, 1.807) is 17.0 Å². The molecular formula is C14H18F2N2O2. The minimum Gasteiger partial charge on any atom is -0.434 e. The van der Waals surface area contributed by atoms with Gasteiger partial charge in [0, 0.05) is 19.1 Å². The summed E-state index contributed by atoms with van der Waals surface area (Å²) in [6, 6.07) is 6.37. The van der Waals surface area contributed by atoms with Crippen molar-refractivity contribution in [3.8, 4) is 5.75 Å². The lowest BCUT2D eigenvalue weighted by atomic mass is 10.0. The number of para-hydroxylation sites is 1. The topological polar surface area (TPSA) is 41.6 Å². The van der Waals surface area contributed by atoms with Crippen molar-refractivity contribution in [2.24, 2.45) is 0 Å². The summed E-state index contributed by atoms with van der Waals surface area (Å²) >= 11 is 0. The van der Waals surface area contributed by atoms with E-state index in [1.165, 1.54) is 12.1 Å². The Hall–Kier alpha value is -1.69. The maximum atomic E-state index is 12.4. The van der Waals surface area contributed by atoms with E-state index in [0.717, 1.165) is 12.8 Å². The number of benzene rings is 1. The summed E-state index contributed by atoms with van der Waals surface area (Å²) in [5.41, 5.74) is 0.185. The van der Waals surface area contributed by atoms with Crippen LogP contribution in [-0.4, -0.2) is 43.6 Å². The highest BCUT2D eigenvalue weighted by Crippen LogP contribution is 2.23. The molecule has 1 unspecified atom stereocenters. The fourth-order valence-electron chi connectivity index (χ4n) is 2.41. The molecule has 110 valence electrons. The molecule has 1 aromatic rings. The molecule has 0 spiro atoms. The Morgan fingerprint density at radius 1 is 1.45 bits per heavy atom. The second-order valence-electron chi connectivity index (χ2n) is 4.75. The Labute approximate surface area is 116 Å². The second-order valence-corrected chi connectivity index (χ2v) is 4.75. The number of likely N-dealkylation sites (tertiary alicyclic amines) is 1. The van der Waals surface area contributed by atoms with Gasteiger partial charge in [-0.05, 0) is 32.0 Å². The standard InChI is InChI=1S/C14H18F2N2O2/c1-17-10-5-4-8-18(9-10)13(19)11-6-2-3-7-12(11)20-14(15)16/h2-3,6-7,10,14,17H,4-5,8-9H2,1H3. The van der Waals surface area contributed by atoms with Crippen LogP contribution < -0.4 is 10.1 Å². The smallest absolute Gasteiger partial charge is 0.387 e. The van der Waals surface area contributed by atoms with Gasteiger partial charge in [-0.3, -0.25) is 4.79 Å². The van der Waals surface area contributed by atoms with Crippen LogP contribution in [0.1, 0.15) is 23.2 Å². The molecule has 1 saturated heterocycles. The van der Waals surface area contributed by atoms with E-state index in [9.17, 15) is 13.6 Å². The monoisotopic (exact) mass is 284 g/mol. The Morgan fingerprint density at radius 3 is 2.90 bits per heavy atom. The first-order valence-corrected chi connectivity index (χ1v) is 6.62. The number of amides is 1. The van der Waals surface area contributed by atoms with Gasteiger partial charge >= 0.3 is 6.61 Å². The van der Waals surface area contributed by atoms with E-state index in [1.807, 2.05) is 7.05 Å². The van der Waals surface area contributed by atoms with E-state index in [2.05, 4.69) is 10.1 Å². The number of carbonyl (C=O) groups is 1. The first-order chi connectivity index (χ1) is 9.61. The van der Waals surface area contributed by atoms with Gasteiger partial charge in [0.15, 0.2) is 0 Å². The van der Waals surface area contributed by atoms with Gasteiger partial charge in [0.05, 0.1) is 5.56 Å². The van der Waals surface area contributed by atoms with Crippen LogP contribution in [0.3, 0.4) is 0 Å². The summed E-state index contributed by atoms with van der Waals surface area (Å²) < 4.78 is 29.1. The van der Waals surface area contributed by atoms with Gasteiger partial charge in [-0.1, -0.05) is 12.1 Å². The van der Waals surface area contributed by atoms with E-state index >= 15 is 0 Å². The number of carbonyl (C=O) groups excluding carboxylic acids is 1. The minimum atomic E-state index is -2.93. The van der Waals surface area contributed by atoms with Gasteiger partial charge in [0.2, 0.25) is 0 Å². The molecule has 0 bridgehead atoms. The predicted molar refractivity (Wildman–Crippen MR) is 71.1 cm³/mol. The highest BCUT2D eigenvalue weighted by Gasteiger charge is 2.25. The van der Waals surface area contributed by atoms with Crippen molar-refractivity contribution in [1.82, 2.24) is 10.2 Å². The number of nitrogens with zero attached hydrogens (tertiary/aromatic N) is 1. The molecule has 0 aliphatic carbocycles. The minimum absolute atomic E-state index is 0.0703. The van der Waals surface area contributed by atoms with Crippen LogP contribution >= 0.6 is 0 Å². The fraction of sp³-hybridized carbons (Fsp3) is 0.500. The van der Waals surface area contributed by atoms with Gasteiger partial charge in [0.25, 0.3) is 5.91 Å². The molecule has 1 aromatic carbocycles. The largest absolute Gasteiger partial charge is 0.434 e. The third-order valence-corrected chi connectivity index (χ3v) is 3.45. The molecular weight excluding hydrogens is 266 g/mol. The molecule has 0 radical (unpaired) electrons. The number of halogens is 2. The van der Waals surface area contributed by atoms with Gasteiger partial charge in [-0.25, -0.2) is 0 Å². The maximum Gasteiger partial charge on any atom is 0.387 e. The van der Waals surface area contributed by atoms with Crippen LogP contribution in [0.15, 0.2) is 24.3 Å². The third kappa shape index (κ3) is 3.45. The number of piperidine rings is 1.